The van der Waals surface area contributed by atoms with Gasteiger partial charge in [-0.15, -0.1) is 0 Å². The second-order valence-corrected chi connectivity index (χ2v) is 3.96. The molecular formula is C12H18ClNO2. The lowest BCUT2D eigenvalue weighted by atomic mass is 10.2. The molecule has 0 spiro atoms. The van der Waals surface area contributed by atoms with Crippen LogP contribution in [-0.2, 0) is 4.74 Å². The van der Waals surface area contributed by atoms with Crippen LogP contribution >= 0.6 is 11.6 Å². The van der Waals surface area contributed by atoms with Gasteiger partial charge in [0, 0.05) is 18.3 Å². The first-order valence-corrected chi connectivity index (χ1v) is 5.73. The third-order valence-corrected chi connectivity index (χ3v) is 2.43. The first-order valence-electron chi connectivity index (χ1n) is 5.35. The van der Waals surface area contributed by atoms with Crippen molar-refractivity contribution in [2.75, 3.05) is 25.6 Å². The van der Waals surface area contributed by atoms with E-state index in [1.807, 2.05) is 25.1 Å². The third-order valence-electron chi connectivity index (χ3n) is 2.14. The summed E-state index contributed by atoms with van der Waals surface area (Å²) in [6, 6.07) is 5.89. The fourth-order valence-electron chi connectivity index (χ4n) is 1.38. The van der Waals surface area contributed by atoms with Crippen LogP contribution in [0, 0.1) is 0 Å². The molecule has 1 N–H and O–H groups in total. The summed E-state index contributed by atoms with van der Waals surface area (Å²) in [5.41, 5.74) is 0.970. The van der Waals surface area contributed by atoms with Gasteiger partial charge in [-0.2, -0.15) is 0 Å². The van der Waals surface area contributed by atoms with Crippen molar-refractivity contribution in [1.82, 2.24) is 0 Å². The summed E-state index contributed by atoms with van der Waals surface area (Å²) in [5.74, 6) is 0.685. The number of rotatable bonds is 6. The van der Waals surface area contributed by atoms with Gasteiger partial charge in [0.1, 0.15) is 5.75 Å². The molecule has 0 aliphatic heterocycles. The van der Waals surface area contributed by atoms with Gasteiger partial charge in [-0.25, -0.2) is 0 Å². The fourth-order valence-corrected chi connectivity index (χ4v) is 1.63. The van der Waals surface area contributed by atoms with Crippen LogP contribution in [0.4, 0.5) is 5.69 Å². The minimum atomic E-state index is 0.254. The van der Waals surface area contributed by atoms with Crippen LogP contribution in [-0.4, -0.2) is 26.4 Å². The summed E-state index contributed by atoms with van der Waals surface area (Å²) in [7, 11) is 1.60. The zero-order chi connectivity index (χ0) is 12.0. The van der Waals surface area contributed by atoms with Gasteiger partial charge >= 0.3 is 0 Å². The number of methoxy groups -OCH3 is 1. The van der Waals surface area contributed by atoms with Crippen molar-refractivity contribution in [3.63, 3.8) is 0 Å². The smallest absolute Gasteiger partial charge is 0.137 e. The van der Waals surface area contributed by atoms with Crippen molar-refractivity contribution in [3.05, 3.63) is 23.2 Å². The summed E-state index contributed by atoms with van der Waals surface area (Å²) in [6.07, 6.45) is 0. The van der Waals surface area contributed by atoms with E-state index in [0.717, 1.165) is 12.3 Å². The van der Waals surface area contributed by atoms with Crippen LogP contribution in [0.5, 0.6) is 5.75 Å². The molecule has 3 nitrogen and oxygen atoms in total. The molecule has 0 bridgehead atoms. The molecule has 1 aromatic carbocycles. The number of hydrogen-bond donors (Lipinski definition) is 1. The van der Waals surface area contributed by atoms with Crippen LogP contribution in [0.25, 0.3) is 0 Å². The Morgan fingerprint density at radius 3 is 2.75 bits per heavy atom. The largest absolute Gasteiger partial charge is 0.495 e. The van der Waals surface area contributed by atoms with Crippen molar-refractivity contribution in [2.45, 2.75) is 19.9 Å². The quantitative estimate of drug-likeness (QED) is 0.833. The van der Waals surface area contributed by atoms with Gasteiger partial charge in [-0.1, -0.05) is 11.6 Å². The highest BCUT2D eigenvalue weighted by molar-refractivity contribution is 6.32. The minimum Gasteiger partial charge on any atom is -0.495 e. The highest BCUT2D eigenvalue weighted by Gasteiger charge is 2.05. The SMILES string of the molecule is CCOCC(C)Nc1ccc(OC)c(Cl)c1. The molecule has 1 rings (SSSR count). The van der Waals surface area contributed by atoms with Gasteiger partial charge in [0.25, 0.3) is 0 Å². The molecule has 1 aromatic rings. The molecule has 0 amide bonds. The summed E-state index contributed by atoms with van der Waals surface area (Å²) in [5, 5.41) is 3.91. The monoisotopic (exact) mass is 243 g/mol. The van der Waals surface area contributed by atoms with Gasteiger partial charge in [0.2, 0.25) is 0 Å². The molecule has 0 fully saturated rings. The number of ether oxygens (including phenoxy) is 2. The summed E-state index contributed by atoms with van der Waals surface area (Å²) in [4.78, 5) is 0. The zero-order valence-electron chi connectivity index (χ0n) is 9.92. The Labute approximate surface area is 102 Å². The van der Waals surface area contributed by atoms with Gasteiger partial charge in [0.05, 0.1) is 18.7 Å². The second-order valence-electron chi connectivity index (χ2n) is 3.55. The number of halogens is 1. The summed E-state index contributed by atoms with van der Waals surface area (Å²) >= 11 is 6.02. The van der Waals surface area contributed by atoms with Crippen molar-refractivity contribution < 1.29 is 9.47 Å². The maximum absolute atomic E-state index is 6.02. The average molecular weight is 244 g/mol. The van der Waals surface area contributed by atoms with Gasteiger partial charge in [0.15, 0.2) is 0 Å². The lowest BCUT2D eigenvalue weighted by molar-refractivity contribution is 0.141. The van der Waals surface area contributed by atoms with Crippen LogP contribution in [0.15, 0.2) is 18.2 Å². The molecular weight excluding hydrogens is 226 g/mol. The van der Waals surface area contributed by atoms with Crippen molar-refractivity contribution in [3.8, 4) is 5.75 Å². The first-order chi connectivity index (χ1) is 7.67. The van der Waals surface area contributed by atoms with Gasteiger partial charge in [-0.3, -0.25) is 0 Å². The molecule has 90 valence electrons. The highest BCUT2D eigenvalue weighted by Crippen LogP contribution is 2.27. The molecule has 1 unspecified atom stereocenters. The van der Waals surface area contributed by atoms with E-state index in [1.165, 1.54) is 0 Å². The molecule has 0 aliphatic rings. The third kappa shape index (κ3) is 3.91. The normalized spacial score (nSPS) is 12.2. The standard InChI is InChI=1S/C12H18ClNO2/c1-4-16-8-9(2)14-10-5-6-12(15-3)11(13)7-10/h5-7,9,14H,4,8H2,1-3H3. The van der Waals surface area contributed by atoms with E-state index in [-0.39, 0.29) is 6.04 Å². The Kier molecular flexibility index (Phi) is 5.43. The topological polar surface area (TPSA) is 30.5 Å². The summed E-state index contributed by atoms with van der Waals surface area (Å²) < 4.78 is 10.4. The maximum atomic E-state index is 6.02. The van der Waals surface area contributed by atoms with Crippen LogP contribution < -0.4 is 10.1 Å². The molecule has 0 radical (unpaired) electrons. The Bertz CT molecular complexity index is 331. The number of nitrogens with one attached hydrogen (secondary N) is 1. The zero-order valence-corrected chi connectivity index (χ0v) is 10.7. The van der Waals surface area contributed by atoms with E-state index < -0.39 is 0 Å². The fraction of sp³-hybridized carbons (Fsp3) is 0.500. The molecule has 16 heavy (non-hydrogen) atoms. The van der Waals surface area contributed by atoms with E-state index in [2.05, 4.69) is 12.2 Å². The molecule has 0 aromatic heterocycles. The molecule has 4 heteroatoms. The maximum Gasteiger partial charge on any atom is 0.137 e. The van der Waals surface area contributed by atoms with Crippen LogP contribution in [0.1, 0.15) is 13.8 Å². The van der Waals surface area contributed by atoms with E-state index in [9.17, 15) is 0 Å². The highest BCUT2D eigenvalue weighted by atomic mass is 35.5. The second kappa shape index (κ2) is 6.61. The van der Waals surface area contributed by atoms with E-state index in [4.69, 9.17) is 21.1 Å². The lowest BCUT2D eigenvalue weighted by Crippen LogP contribution is -2.21. The minimum absolute atomic E-state index is 0.254. The summed E-state index contributed by atoms with van der Waals surface area (Å²) in [6.45, 7) is 5.46. The predicted molar refractivity (Wildman–Crippen MR) is 67.6 cm³/mol. The van der Waals surface area contributed by atoms with Gasteiger partial charge in [-0.05, 0) is 32.0 Å². The molecule has 1 atom stereocenters. The molecule has 0 saturated heterocycles. The number of anilines is 1. The Morgan fingerprint density at radius 1 is 1.44 bits per heavy atom. The van der Waals surface area contributed by atoms with Crippen LogP contribution in [0.3, 0.4) is 0 Å². The Hall–Kier alpha value is -0.930. The lowest BCUT2D eigenvalue weighted by Gasteiger charge is -2.15. The molecule has 0 aliphatic carbocycles. The number of benzene rings is 1. The molecule has 0 heterocycles. The van der Waals surface area contributed by atoms with E-state index in [1.54, 1.807) is 7.11 Å². The average Bonchev–Trinajstić information content (AvgIpc) is 2.26. The first kappa shape index (κ1) is 13.1. The van der Waals surface area contributed by atoms with Crippen LogP contribution in [0.2, 0.25) is 5.02 Å². The molecule has 0 saturated carbocycles. The number of hydrogen-bond acceptors (Lipinski definition) is 3. The van der Waals surface area contributed by atoms with Gasteiger partial charge < -0.3 is 14.8 Å². The Balaban J connectivity index is 2.57. The van der Waals surface area contributed by atoms with E-state index in [0.29, 0.717) is 17.4 Å². The van der Waals surface area contributed by atoms with Crippen molar-refractivity contribution in [2.24, 2.45) is 0 Å². The predicted octanol–water partition coefficient (Wildman–Crippen LogP) is 3.19. The van der Waals surface area contributed by atoms with E-state index >= 15 is 0 Å². The van der Waals surface area contributed by atoms with Crippen molar-refractivity contribution in [1.29, 1.82) is 0 Å². The Morgan fingerprint density at radius 2 is 2.19 bits per heavy atom. The van der Waals surface area contributed by atoms with Crippen molar-refractivity contribution >= 4 is 17.3 Å².